The molecule has 0 bridgehead atoms. The lowest BCUT2D eigenvalue weighted by Gasteiger charge is -2.06. The van der Waals surface area contributed by atoms with Gasteiger partial charge in [0, 0.05) is 10.2 Å². The van der Waals surface area contributed by atoms with Crippen LogP contribution in [0.2, 0.25) is 0 Å². The van der Waals surface area contributed by atoms with Crippen molar-refractivity contribution in [2.75, 3.05) is 0 Å². The molecule has 0 saturated carbocycles. The van der Waals surface area contributed by atoms with Crippen LogP contribution in [0.1, 0.15) is 13.3 Å². The fraction of sp³-hybridized carbons (Fsp3) is 0.429. The monoisotopic (exact) mass is 124 g/mol. The Morgan fingerprint density at radius 2 is 2.50 bits per heavy atom. The summed E-state index contributed by atoms with van der Waals surface area (Å²) in [6.45, 7) is 2.25. The van der Waals surface area contributed by atoms with Crippen LogP contribution in [-0.4, -0.2) is 10.2 Å². The van der Waals surface area contributed by atoms with Crippen LogP contribution < -0.4 is 0 Å². The second kappa shape index (κ2) is 2.31. The lowest BCUT2D eigenvalue weighted by molar-refractivity contribution is 0.735. The molecule has 1 rings (SSSR count). The molecule has 0 aromatic carbocycles. The molecule has 0 N–H and O–H groups in total. The van der Waals surface area contributed by atoms with Gasteiger partial charge in [-0.05, 0) is 12.3 Å². The van der Waals surface area contributed by atoms with Gasteiger partial charge in [0.1, 0.15) is 0 Å². The molecule has 0 aromatic heterocycles. The molecule has 0 radical (unpaired) electrons. The van der Waals surface area contributed by atoms with Crippen molar-refractivity contribution >= 4 is 10.2 Å². The third-order valence-electron chi connectivity index (χ3n) is 1.50. The van der Waals surface area contributed by atoms with E-state index >= 15 is 0 Å². The third kappa shape index (κ3) is 1.34. The molecule has 0 aromatic rings. The van der Waals surface area contributed by atoms with E-state index in [9.17, 15) is 0 Å². The summed E-state index contributed by atoms with van der Waals surface area (Å²) in [5.41, 5.74) is 0. The molecule has 0 aliphatic heterocycles. The molecule has 0 amide bonds. The van der Waals surface area contributed by atoms with Gasteiger partial charge in [-0.3, -0.25) is 0 Å². The van der Waals surface area contributed by atoms with Gasteiger partial charge in [0.2, 0.25) is 0 Å². The van der Waals surface area contributed by atoms with Crippen molar-refractivity contribution in [2.24, 2.45) is 5.92 Å². The zero-order valence-electron chi connectivity index (χ0n) is 5.52. The molecule has 0 nitrogen and oxygen atoms in total. The maximum absolute atomic E-state index is 2.34. The van der Waals surface area contributed by atoms with Crippen molar-refractivity contribution in [3.8, 4) is 0 Å². The summed E-state index contributed by atoms with van der Waals surface area (Å²) >= 11 is 0. The van der Waals surface area contributed by atoms with Crippen LogP contribution in [0.15, 0.2) is 23.4 Å². The highest BCUT2D eigenvalue weighted by Gasteiger charge is 1.97. The van der Waals surface area contributed by atoms with Crippen LogP contribution >= 0.6 is 0 Å². The van der Waals surface area contributed by atoms with Gasteiger partial charge in [0.15, 0.2) is 0 Å². The van der Waals surface area contributed by atoms with Crippen LogP contribution in [0.3, 0.4) is 0 Å². The van der Waals surface area contributed by atoms with Gasteiger partial charge in [-0.25, -0.2) is 0 Å². The predicted molar refractivity (Wildman–Crippen MR) is 40.9 cm³/mol. The average molecular weight is 124 g/mol. The van der Waals surface area contributed by atoms with Gasteiger partial charge < -0.3 is 0 Å². The first kappa shape index (κ1) is 5.83. The van der Waals surface area contributed by atoms with Crippen LogP contribution in [0.5, 0.6) is 0 Å². The molecule has 0 fully saturated rings. The van der Waals surface area contributed by atoms with E-state index in [1.807, 2.05) is 0 Å². The molecule has 0 saturated heterocycles. The highest BCUT2D eigenvalue weighted by molar-refractivity contribution is 6.23. The minimum atomic E-state index is 0.785. The van der Waals surface area contributed by atoms with Crippen molar-refractivity contribution in [1.82, 2.24) is 0 Å². The van der Waals surface area contributed by atoms with Crippen LogP contribution in [0.4, 0.5) is 0 Å². The molecule has 1 aliphatic rings. The molecule has 1 unspecified atom stereocenters. The summed E-state index contributed by atoms with van der Waals surface area (Å²) in [4.78, 5) is 0. The van der Waals surface area contributed by atoms with E-state index in [1.54, 1.807) is 5.20 Å². The molecular formula is C7H12Si. The van der Waals surface area contributed by atoms with E-state index in [1.165, 1.54) is 16.7 Å². The molecule has 1 heteroatoms. The smallest absolute Gasteiger partial charge is 0.0380 e. The number of hydrogen-bond acceptors (Lipinski definition) is 0. The van der Waals surface area contributed by atoms with Crippen molar-refractivity contribution in [3.05, 3.63) is 23.4 Å². The van der Waals surface area contributed by atoms with Gasteiger partial charge in [0.25, 0.3) is 0 Å². The number of hydrogen-bond donors (Lipinski definition) is 0. The highest BCUT2D eigenvalue weighted by atomic mass is 28.1. The van der Waals surface area contributed by atoms with Crippen LogP contribution in [-0.2, 0) is 0 Å². The molecule has 1 aliphatic carbocycles. The summed E-state index contributed by atoms with van der Waals surface area (Å²) in [6.07, 6.45) is 8.15. The Morgan fingerprint density at radius 1 is 1.75 bits per heavy atom. The molecule has 0 heterocycles. The topological polar surface area (TPSA) is 0 Å². The predicted octanol–water partition coefficient (Wildman–Crippen LogP) is 0.832. The van der Waals surface area contributed by atoms with Crippen LogP contribution in [0.25, 0.3) is 0 Å². The summed E-state index contributed by atoms with van der Waals surface area (Å²) in [5, 5.41) is 1.54. The summed E-state index contributed by atoms with van der Waals surface area (Å²) < 4.78 is 0. The Hall–Kier alpha value is -0.303. The van der Waals surface area contributed by atoms with E-state index in [0.29, 0.717) is 0 Å². The molecule has 0 spiro atoms. The second-order valence-electron chi connectivity index (χ2n) is 2.52. The first-order chi connectivity index (χ1) is 3.79. The zero-order valence-corrected chi connectivity index (χ0v) is 7.52. The first-order valence-electron chi connectivity index (χ1n) is 3.14. The second-order valence-corrected chi connectivity index (χ2v) is 3.67. The summed E-state index contributed by atoms with van der Waals surface area (Å²) in [6, 6.07) is 0. The van der Waals surface area contributed by atoms with Gasteiger partial charge in [-0.15, -0.1) is 0 Å². The molecule has 8 heavy (non-hydrogen) atoms. The van der Waals surface area contributed by atoms with Crippen molar-refractivity contribution in [1.29, 1.82) is 0 Å². The standard InChI is InChI=1S/C7H12Si/c1-6-2-4-7(8)5-3-6/h2,4-6H,3H2,1,8H3. The maximum Gasteiger partial charge on any atom is 0.0380 e. The third-order valence-corrected chi connectivity index (χ3v) is 2.24. The van der Waals surface area contributed by atoms with Gasteiger partial charge in [-0.2, -0.15) is 0 Å². The Morgan fingerprint density at radius 3 is 2.88 bits per heavy atom. The van der Waals surface area contributed by atoms with Crippen LogP contribution in [0, 0.1) is 5.92 Å². The minimum Gasteiger partial charge on any atom is -0.0857 e. The normalized spacial score (nSPS) is 28.1. The summed E-state index contributed by atoms with van der Waals surface area (Å²) in [5.74, 6) is 0.785. The number of allylic oxidation sites excluding steroid dienone is 4. The van der Waals surface area contributed by atoms with E-state index in [0.717, 1.165) is 5.92 Å². The highest BCUT2D eigenvalue weighted by Crippen LogP contribution is 2.12. The Bertz CT molecular complexity index is 133. The van der Waals surface area contributed by atoms with Crippen molar-refractivity contribution in [3.63, 3.8) is 0 Å². The van der Waals surface area contributed by atoms with Gasteiger partial charge in [0.05, 0.1) is 0 Å². The lowest BCUT2D eigenvalue weighted by atomic mass is 10.0. The minimum absolute atomic E-state index is 0.785. The first-order valence-corrected chi connectivity index (χ1v) is 4.14. The SMILES string of the molecule is CC1C=CC([SiH3])=CC1. The van der Waals surface area contributed by atoms with E-state index in [-0.39, 0.29) is 0 Å². The van der Waals surface area contributed by atoms with Gasteiger partial charge in [-0.1, -0.05) is 30.3 Å². The maximum atomic E-state index is 2.34. The fourth-order valence-corrected chi connectivity index (χ4v) is 1.26. The molecular weight excluding hydrogens is 112 g/mol. The quantitative estimate of drug-likeness (QED) is 0.420. The largest absolute Gasteiger partial charge is 0.0857 e. The van der Waals surface area contributed by atoms with Gasteiger partial charge >= 0.3 is 0 Å². The summed E-state index contributed by atoms with van der Waals surface area (Å²) in [7, 11) is 1.22. The zero-order chi connectivity index (χ0) is 5.98. The van der Waals surface area contributed by atoms with Crippen molar-refractivity contribution < 1.29 is 0 Å². The van der Waals surface area contributed by atoms with E-state index in [4.69, 9.17) is 0 Å². The Labute approximate surface area is 53.7 Å². The van der Waals surface area contributed by atoms with E-state index in [2.05, 4.69) is 25.2 Å². The fourth-order valence-electron chi connectivity index (χ4n) is 0.834. The molecule has 44 valence electrons. The Balaban J connectivity index is 2.58. The molecule has 1 atom stereocenters. The number of rotatable bonds is 0. The average Bonchev–Trinajstić information content (AvgIpc) is 1.77. The lowest BCUT2D eigenvalue weighted by Crippen LogP contribution is -1.93. The Kier molecular flexibility index (Phi) is 1.68. The van der Waals surface area contributed by atoms with E-state index < -0.39 is 0 Å². The van der Waals surface area contributed by atoms with Crippen molar-refractivity contribution in [2.45, 2.75) is 13.3 Å².